The van der Waals surface area contributed by atoms with Crippen molar-refractivity contribution in [3.8, 4) is 0 Å². The molecule has 1 aromatic heterocycles. The smallest absolute Gasteiger partial charge is 0.103 e. The summed E-state index contributed by atoms with van der Waals surface area (Å²) in [5.74, 6) is 7.59. The summed E-state index contributed by atoms with van der Waals surface area (Å²) in [4.78, 5) is 0. The third-order valence-corrected chi connectivity index (χ3v) is 3.18. The second-order valence-electron chi connectivity index (χ2n) is 4.50. The Morgan fingerprint density at radius 1 is 1.47 bits per heavy atom. The lowest BCUT2D eigenvalue weighted by atomic mass is 10.0. The lowest BCUT2D eigenvalue weighted by Gasteiger charge is -2.14. The fourth-order valence-corrected chi connectivity index (χ4v) is 1.93. The van der Waals surface area contributed by atoms with Crippen LogP contribution in [0.4, 0.5) is 0 Å². The van der Waals surface area contributed by atoms with E-state index in [2.05, 4.69) is 5.43 Å². The van der Waals surface area contributed by atoms with Gasteiger partial charge in [0.1, 0.15) is 5.76 Å². The minimum absolute atomic E-state index is 0.440. The van der Waals surface area contributed by atoms with Crippen LogP contribution in [0, 0.1) is 5.92 Å². The van der Waals surface area contributed by atoms with Gasteiger partial charge in [-0.1, -0.05) is 12.8 Å². The molecular formula is C12H20N2O. The van der Waals surface area contributed by atoms with E-state index in [-0.39, 0.29) is 0 Å². The Morgan fingerprint density at radius 3 is 2.93 bits per heavy atom. The Morgan fingerprint density at radius 2 is 2.33 bits per heavy atom. The van der Waals surface area contributed by atoms with Crippen LogP contribution in [0.3, 0.4) is 0 Å². The third kappa shape index (κ3) is 3.68. The van der Waals surface area contributed by atoms with Gasteiger partial charge in [0.05, 0.1) is 6.26 Å². The van der Waals surface area contributed by atoms with E-state index in [4.69, 9.17) is 10.3 Å². The van der Waals surface area contributed by atoms with Gasteiger partial charge in [-0.15, -0.1) is 0 Å². The van der Waals surface area contributed by atoms with Crippen molar-refractivity contribution in [3.05, 3.63) is 24.2 Å². The summed E-state index contributed by atoms with van der Waals surface area (Å²) in [5, 5.41) is 0. The molecular weight excluding hydrogens is 188 g/mol. The predicted octanol–water partition coefficient (Wildman–Crippen LogP) is 2.23. The van der Waals surface area contributed by atoms with Gasteiger partial charge in [0, 0.05) is 12.5 Å². The molecule has 15 heavy (non-hydrogen) atoms. The first-order valence-corrected chi connectivity index (χ1v) is 5.87. The molecule has 3 heteroatoms. The monoisotopic (exact) mass is 208 g/mol. The molecule has 3 N–H and O–H groups in total. The molecule has 0 aliphatic heterocycles. The maximum absolute atomic E-state index is 5.54. The maximum Gasteiger partial charge on any atom is 0.103 e. The van der Waals surface area contributed by atoms with Crippen molar-refractivity contribution < 1.29 is 4.42 Å². The second-order valence-corrected chi connectivity index (χ2v) is 4.50. The van der Waals surface area contributed by atoms with Crippen LogP contribution in [0.25, 0.3) is 0 Å². The molecule has 1 unspecified atom stereocenters. The highest BCUT2D eigenvalue weighted by Gasteiger charge is 2.22. The van der Waals surface area contributed by atoms with Crippen LogP contribution in [0.15, 0.2) is 22.8 Å². The zero-order chi connectivity index (χ0) is 10.5. The van der Waals surface area contributed by atoms with Crippen LogP contribution < -0.4 is 11.3 Å². The number of hydrazine groups is 1. The van der Waals surface area contributed by atoms with E-state index in [1.807, 2.05) is 12.1 Å². The lowest BCUT2D eigenvalue weighted by molar-refractivity contribution is 0.417. The molecule has 1 aliphatic rings. The van der Waals surface area contributed by atoms with Crippen molar-refractivity contribution in [2.45, 2.75) is 44.6 Å². The molecule has 1 heterocycles. The number of nitrogens with one attached hydrogen (secondary N) is 1. The van der Waals surface area contributed by atoms with Gasteiger partial charge in [-0.2, -0.15) is 0 Å². The normalized spacial score (nSPS) is 17.9. The van der Waals surface area contributed by atoms with Crippen LogP contribution in [0.2, 0.25) is 0 Å². The van der Waals surface area contributed by atoms with E-state index in [9.17, 15) is 0 Å². The predicted molar refractivity (Wildman–Crippen MR) is 60.1 cm³/mol. The topological polar surface area (TPSA) is 51.2 Å². The van der Waals surface area contributed by atoms with Gasteiger partial charge < -0.3 is 4.42 Å². The molecule has 1 saturated carbocycles. The van der Waals surface area contributed by atoms with Crippen molar-refractivity contribution in [1.82, 2.24) is 5.43 Å². The van der Waals surface area contributed by atoms with E-state index in [1.165, 1.54) is 25.7 Å². The Labute approximate surface area is 91.0 Å². The fourth-order valence-electron chi connectivity index (χ4n) is 1.93. The second kappa shape index (κ2) is 5.33. The van der Waals surface area contributed by atoms with E-state index in [0.717, 1.165) is 24.5 Å². The lowest BCUT2D eigenvalue weighted by Crippen LogP contribution is -2.35. The zero-order valence-corrected chi connectivity index (χ0v) is 9.11. The minimum atomic E-state index is 0.440. The minimum Gasteiger partial charge on any atom is -0.469 e. The van der Waals surface area contributed by atoms with Gasteiger partial charge in [0.25, 0.3) is 0 Å². The van der Waals surface area contributed by atoms with Gasteiger partial charge in [0.2, 0.25) is 0 Å². The van der Waals surface area contributed by atoms with Crippen molar-refractivity contribution in [3.63, 3.8) is 0 Å². The molecule has 0 spiro atoms. The molecule has 1 aromatic rings. The van der Waals surface area contributed by atoms with E-state index < -0.39 is 0 Å². The summed E-state index contributed by atoms with van der Waals surface area (Å²) in [6.45, 7) is 0. The molecule has 0 bridgehead atoms. The fraction of sp³-hybridized carbons (Fsp3) is 0.667. The Bertz CT molecular complexity index is 267. The highest BCUT2D eigenvalue weighted by molar-refractivity contribution is 4.98. The third-order valence-electron chi connectivity index (χ3n) is 3.18. The van der Waals surface area contributed by atoms with Crippen LogP contribution in [-0.2, 0) is 6.42 Å². The average molecular weight is 208 g/mol. The number of nitrogens with two attached hydrogens (primary N) is 1. The van der Waals surface area contributed by atoms with Crippen LogP contribution in [0.1, 0.15) is 37.9 Å². The SMILES string of the molecule is NNC(CCc1ccco1)CCC1CC1. The van der Waals surface area contributed by atoms with Gasteiger partial charge in [-0.05, 0) is 37.3 Å². The summed E-state index contributed by atoms with van der Waals surface area (Å²) < 4.78 is 5.30. The molecule has 3 nitrogen and oxygen atoms in total. The first kappa shape index (κ1) is 10.7. The van der Waals surface area contributed by atoms with Gasteiger partial charge in [-0.25, -0.2) is 0 Å². The first-order chi connectivity index (χ1) is 7.38. The number of hydrogen-bond donors (Lipinski definition) is 2. The zero-order valence-electron chi connectivity index (χ0n) is 9.11. The summed E-state index contributed by atoms with van der Waals surface area (Å²) in [7, 11) is 0. The summed E-state index contributed by atoms with van der Waals surface area (Å²) >= 11 is 0. The Hall–Kier alpha value is -0.800. The van der Waals surface area contributed by atoms with Gasteiger partial charge in [-0.3, -0.25) is 11.3 Å². The van der Waals surface area contributed by atoms with Crippen molar-refractivity contribution in [1.29, 1.82) is 0 Å². The summed E-state index contributed by atoms with van der Waals surface area (Å²) in [6.07, 6.45) is 9.15. The largest absolute Gasteiger partial charge is 0.469 e. The molecule has 1 aliphatic carbocycles. The van der Waals surface area contributed by atoms with Crippen LogP contribution in [0.5, 0.6) is 0 Å². The maximum atomic E-state index is 5.54. The number of hydrogen-bond acceptors (Lipinski definition) is 3. The van der Waals surface area contributed by atoms with E-state index >= 15 is 0 Å². The van der Waals surface area contributed by atoms with Crippen LogP contribution in [-0.4, -0.2) is 6.04 Å². The average Bonchev–Trinajstić information content (AvgIpc) is 2.94. The molecule has 1 fully saturated rings. The number of rotatable bonds is 7. The molecule has 0 radical (unpaired) electrons. The Balaban J connectivity index is 1.65. The molecule has 0 saturated heterocycles. The Kier molecular flexibility index (Phi) is 3.80. The van der Waals surface area contributed by atoms with E-state index in [0.29, 0.717) is 6.04 Å². The molecule has 0 amide bonds. The van der Waals surface area contributed by atoms with Crippen molar-refractivity contribution in [2.75, 3.05) is 0 Å². The molecule has 84 valence electrons. The van der Waals surface area contributed by atoms with Crippen molar-refractivity contribution in [2.24, 2.45) is 11.8 Å². The summed E-state index contributed by atoms with van der Waals surface area (Å²) in [6, 6.07) is 4.40. The molecule has 2 rings (SSSR count). The highest BCUT2D eigenvalue weighted by Crippen LogP contribution is 2.34. The molecule has 0 aromatic carbocycles. The summed E-state index contributed by atoms with van der Waals surface area (Å²) in [5.41, 5.74) is 2.91. The highest BCUT2D eigenvalue weighted by atomic mass is 16.3. The molecule has 1 atom stereocenters. The number of furan rings is 1. The van der Waals surface area contributed by atoms with Gasteiger partial charge in [0.15, 0.2) is 0 Å². The van der Waals surface area contributed by atoms with Crippen molar-refractivity contribution >= 4 is 0 Å². The quantitative estimate of drug-likeness (QED) is 0.533. The number of aryl methyl sites for hydroxylation is 1. The standard InChI is InChI=1S/C12H20N2O/c13-14-11(6-5-10-3-4-10)7-8-12-2-1-9-15-12/h1-2,9-11,14H,3-8,13H2. The van der Waals surface area contributed by atoms with E-state index in [1.54, 1.807) is 6.26 Å². The van der Waals surface area contributed by atoms with Crippen LogP contribution >= 0.6 is 0 Å². The first-order valence-electron chi connectivity index (χ1n) is 5.87. The van der Waals surface area contributed by atoms with Gasteiger partial charge >= 0.3 is 0 Å².